The summed E-state index contributed by atoms with van der Waals surface area (Å²) in [6.45, 7) is -0.200. The van der Waals surface area contributed by atoms with Crippen LogP contribution < -0.4 is 14.8 Å². The number of nitrogens with zero attached hydrogens (tertiary/aromatic N) is 1. The summed E-state index contributed by atoms with van der Waals surface area (Å²) in [4.78, 5) is 22.6. The first kappa shape index (κ1) is 19.7. The van der Waals surface area contributed by atoms with E-state index >= 15 is 0 Å². The Hall–Kier alpha value is -3.09. The second-order valence-electron chi connectivity index (χ2n) is 6.88. The molecular formula is C21H24N2O5. The van der Waals surface area contributed by atoms with Crippen molar-refractivity contribution in [2.75, 3.05) is 19.0 Å². The highest BCUT2D eigenvalue weighted by molar-refractivity contribution is 5.93. The van der Waals surface area contributed by atoms with Gasteiger partial charge in [-0.05, 0) is 42.5 Å². The lowest BCUT2D eigenvalue weighted by atomic mass is 9.84. The van der Waals surface area contributed by atoms with Gasteiger partial charge in [0.15, 0.2) is 6.61 Å². The molecule has 0 aliphatic heterocycles. The number of carbonyl (C=O) groups excluding carboxylic acids is 1. The Balaban J connectivity index is 1.57. The molecule has 7 heteroatoms. The zero-order valence-corrected chi connectivity index (χ0v) is 15.8. The van der Waals surface area contributed by atoms with E-state index in [9.17, 15) is 14.9 Å². The topological polar surface area (TPSA) is 90.7 Å². The molecule has 0 unspecified atom stereocenters. The number of nitrogens with one attached hydrogen (secondary N) is 1. The van der Waals surface area contributed by atoms with E-state index in [-0.39, 0.29) is 18.0 Å². The van der Waals surface area contributed by atoms with Gasteiger partial charge in [-0.1, -0.05) is 31.4 Å². The number of non-ortho nitro benzene ring substituents is 1. The molecular weight excluding hydrogens is 360 g/mol. The number of carbonyl (C=O) groups is 1. The minimum absolute atomic E-state index is 0.129. The lowest BCUT2D eigenvalue weighted by molar-refractivity contribution is -0.384. The van der Waals surface area contributed by atoms with E-state index in [4.69, 9.17) is 9.47 Å². The van der Waals surface area contributed by atoms with Crippen molar-refractivity contribution >= 4 is 17.3 Å². The molecule has 2 aromatic carbocycles. The van der Waals surface area contributed by atoms with Crippen molar-refractivity contribution in [2.45, 2.75) is 38.0 Å². The van der Waals surface area contributed by atoms with E-state index in [0.29, 0.717) is 17.4 Å². The van der Waals surface area contributed by atoms with Gasteiger partial charge < -0.3 is 14.8 Å². The molecule has 0 radical (unpaired) electrons. The SMILES string of the molecule is COc1ccc([N+](=O)[O-])cc1NC(=O)COc1ccc(C2CCCCC2)cc1. The van der Waals surface area contributed by atoms with Crippen LogP contribution in [0.5, 0.6) is 11.5 Å². The molecule has 7 nitrogen and oxygen atoms in total. The Bertz CT molecular complexity index is 829. The van der Waals surface area contributed by atoms with Crippen molar-refractivity contribution in [3.63, 3.8) is 0 Å². The number of nitro groups is 1. The summed E-state index contributed by atoms with van der Waals surface area (Å²) in [7, 11) is 1.43. The molecule has 0 atom stereocenters. The van der Waals surface area contributed by atoms with Gasteiger partial charge in [-0.15, -0.1) is 0 Å². The number of amides is 1. The predicted octanol–water partition coefficient (Wildman–Crippen LogP) is 4.67. The van der Waals surface area contributed by atoms with Gasteiger partial charge in [-0.3, -0.25) is 14.9 Å². The zero-order valence-electron chi connectivity index (χ0n) is 15.8. The average Bonchev–Trinajstić information content (AvgIpc) is 2.73. The second-order valence-corrected chi connectivity index (χ2v) is 6.88. The number of methoxy groups -OCH3 is 1. The largest absolute Gasteiger partial charge is 0.495 e. The van der Waals surface area contributed by atoms with Crippen molar-refractivity contribution in [2.24, 2.45) is 0 Å². The summed E-state index contributed by atoms with van der Waals surface area (Å²) in [5.41, 5.74) is 1.42. The van der Waals surface area contributed by atoms with Crippen LogP contribution in [0.15, 0.2) is 42.5 Å². The average molecular weight is 384 g/mol. The van der Waals surface area contributed by atoms with Crippen LogP contribution in [0.1, 0.15) is 43.6 Å². The Morgan fingerprint density at radius 2 is 1.86 bits per heavy atom. The quantitative estimate of drug-likeness (QED) is 0.553. The van der Waals surface area contributed by atoms with Gasteiger partial charge in [0.2, 0.25) is 0 Å². The first-order valence-corrected chi connectivity index (χ1v) is 9.42. The number of rotatable bonds is 7. The Morgan fingerprint density at radius 3 is 2.50 bits per heavy atom. The minimum Gasteiger partial charge on any atom is -0.495 e. The van der Waals surface area contributed by atoms with E-state index in [1.807, 2.05) is 12.1 Å². The van der Waals surface area contributed by atoms with Crippen LogP contribution in [0.25, 0.3) is 0 Å². The number of hydrogen-bond donors (Lipinski definition) is 1. The van der Waals surface area contributed by atoms with Crippen LogP contribution in [-0.2, 0) is 4.79 Å². The van der Waals surface area contributed by atoms with Gasteiger partial charge in [0.1, 0.15) is 11.5 Å². The maximum Gasteiger partial charge on any atom is 0.271 e. The van der Waals surface area contributed by atoms with Crippen LogP contribution in [0.3, 0.4) is 0 Å². The van der Waals surface area contributed by atoms with Crippen LogP contribution >= 0.6 is 0 Å². The highest BCUT2D eigenvalue weighted by Crippen LogP contribution is 2.33. The van der Waals surface area contributed by atoms with Gasteiger partial charge in [0, 0.05) is 12.1 Å². The number of anilines is 1. The summed E-state index contributed by atoms with van der Waals surface area (Å²) in [6, 6.07) is 11.9. The molecule has 1 aliphatic carbocycles. The lowest BCUT2D eigenvalue weighted by Crippen LogP contribution is -2.20. The maximum atomic E-state index is 12.2. The fraction of sp³-hybridized carbons (Fsp3) is 0.381. The first-order valence-electron chi connectivity index (χ1n) is 9.42. The van der Waals surface area contributed by atoms with E-state index in [1.165, 1.54) is 63.0 Å². The molecule has 148 valence electrons. The van der Waals surface area contributed by atoms with Crippen LogP contribution in [0.2, 0.25) is 0 Å². The summed E-state index contributed by atoms with van der Waals surface area (Å²) < 4.78 is 10.7. The zero-order chi connectivity index (χ0) is 19.9. The minimum atomic E-state index is -0.528. The molecule has 0 bridgehead atoms. The van der Waals surface area contributed by atoms with E-state index in [2.05, 4.69) is 17.4 Å². The molecule has 0 saturated heterocycles. The predicted molar refractivity (Wildman–Crippen MR) is 106 cm³/mol. The van der Waals surface area contributed by atoms with Gasteiger partial charge in [0.25, 0.3) is 11.6 Å². The monoisotopic (exact) mass is 384 g/mol. The molecule has 28 heavy (non-hydrogen) atoms. The van der Waals surface area contributed by atoms with Crippen molar-refractivity contribution in [3.8, 4) is 11.5 Å². The van der Waals surface area contributed by atoms with Gasteiger partial charge in [0.05, 0.1) is 17.7 Å². The molecule has 1 fully saturated rings. The fourth-order valence-corrected chi connectivity index (χ4v) is 3.51. The normalized spacial score (nSPS) is 14.3. The molecule has 0 heterocycles. The number of ether oxygens (including phenoxy) is 2. The maximum absolute atomic E-state index is 12.2. The Labute approximate surface area is 163 Å². The van der Waals surface area contributed by atoms with E-state index < -0.39 is 10.8 Å². The van der Waals surface area contributed by atoms with Gasteiger partial charge >= 0.3 is 0 Å². The highest BCUT2D eigenvalue weighted by atomic mass is 16.6. The molecule has 1 aliphatic rings. The molecule has 3 rings (SSSR count). The molecule has 1 saturated carbocycles. The van der Waals surface area contributed by atoms with Crippen molar-refractivity contribution in [1.29, 1.82) is 0 Å². The van der Waals surface area contributed by atoms with Crippen molar-refractivity contribution in [1.82, 2.24) is 0 Å². The summed E-state index contributed by atoms with van der Waals surface area (Å²) >= 11 is 0. The lowest BCUT2D eigenvalue weighted by Gasteiger charge is -2.22. The molecule has 0 aromatic heterocycles. The van der Waals surface area contributed by atoms with E-state index in [0.717, 1.165) is 0 Å². The number of benzene rings is 2. The summed E-state index contributed by atoms with van der Waals surface area (Å²) in [5.74, 6) is 1.15. The summed E-state index contributed by atoms with van der Waals surface area (Å²) in [6.07, 6.45) is 6.35. The molecule has 1 N–H and O–H groups in total. The summed E-state index contributed by atoms with van der Waals surface area (Å²) in [5, 5.41) is 13.5. The van der Waals surface area contributed by atoms with Gasteiger partial charge in [-0.2, -0.15) is 0 Å². The van der Waals surface area contributed by atoms with Gasteiger partial charge in [-0.25, -0.2) is 0 Å². The number of nitro benzene ring substituents is 1. The third-order valence-corrected chi connectivity index (χ3v) is 4.99. The second kappa shape index (κ2) is 9.21. The van der Waals surface area contributed by atoms with Crippen LogP contribution in [-0.4, -0.2) is 24.5 Å². The standard InChI is InChI=1S/C21H24N2O5/c1-27-20-12-9-17(23(25)26)13-19(20)22-21(24)14-28-18-10-7-16(8-11-18)15-5-3-2-4-6-15/h7-13,15H,2-6,14H2,1H3,(H,22,24). The van der Waals surface area contributed by atoms with Crippen molar-refractivity contribution < 1.29 is 19.2 Å². The highest BCUT2D eigenvalue weighted by Gasteiger charge is 2.16. The molecule has 0 spiro atoms. The van der Waals surface area contributed by atoms with Crippen molar-refractivity contribution in [3.05, 3.63) is 58.1 Å². The Kier molecular flexibility index (Phi) is 6.47. The Morgan fingerprint density at radius 1 is 1.14 bits per heavy atom. The van der Waals surface area contributed by atoms with Crippen LogP contribution in [0, 0.1) is 10.1 Å². The number of hydrogen-bond acceptors (Lipinski definition) is 5. The van der Waals surface area contributed by atoms with E-state index in [1.54, 1.807) is 0 Å². The first-order chi connectivity index (χ1) is 13.6. The third-order valence-electron chi connectivity index (χ3n) is 4.99. The third kappa shape index (κ3) is 5.00. The molecule has 1 amide bonds. The van der Waals surface area contributed by atoms with Crippen LogP contribution in [0.4, 0.5) is 11.4 Å². The fourth-order valence-electron chi connectivity index (χ4n) is 3.51. The molecule has 2 aromatic rings. The smallest absolute Gasteiger partial charge is 0.271 e.